The van der Waals surface area contributed by atoms with Gasteiger partial charge in [-0.2, -0.15) is 0 Å². The maximum atomic E-state index is 3.49. The number of nitrogens with one attached hydrogen (secondary N) is 1. The van der Waals surface area contributed by atoms with E-state index in [0.717, 1.165) is 12.0 Å². The van der Waals surface area contributed by atoms with Gasteiger partial charge in [0, 0.05) is 6.04 Å². The molecule has 0 radical (unpaired) electrons. The van der Waals surface area contributed by atoms with Gasteiger partial charge in [0.1, 0.15) is 0 Å². The quantitative estimate of drug-likeness (QED) is 0.667. The van der Waals surface area contributed by atoms with Crippen LogP contribution in [0.3, 0.4) is 0 Å². The molecule has 0 aliphatic heterocycles. The Hall–Kier alpha value is -0.0400. The molecular formula is C12H25N. The fourth-order valence-electron chi connectivity index (χ4n) is 2.31. The smallest absolute Gasteiger partial charge is 0.0120 e. The zero-order chi connectivity index (χ0) is 9.90. The maximum absolute atomic E-state index is 3.49. The highest BCUT2D eigenvalue weighted by atomic mass is 14.9. The minimum Gasteiger partial charge on any atom is -0.316 e. The largest absolute Gasteiger partial charge is 0.316 e. The van der Waals surface area contributed by atoms with Crippen molar-refractivity contribution in [1.29, 1.82) is 0 Å². The van der Waals surface area contributed by atoms with Crippen molar-refractivity contribution in [3.05, 3.63) is 0 Å². The molecule has 1 heteroatoms. The van der Waals surface area contributed by atoms with Crippen molar-refractivity contribution in [2.45, 2.75) is 58.9 Å². The molecule has 0 spiro atoms. The SMILES string of the molecule is CCCC(C)CC(NC)C1(C)CC1. The highest BCUT2D eigenvalue weighted by molar-refractivity contribution is 4.98. The van der Waals surface area contributed by atoms with E-state index in [0.29, 0.717) is 5.41 Å². The zero-order valence-electron chi connectivity index (χ0n) is 9.69. The Kier molecular flexibility index (Phi) is 3.78. The molecule has 0 aromatic heterocycles. The first-order chi connectivity index (χ1) is 6.12. The zero-order valence-corrected chi connectivity index (χ0v) is 9.69. The van der Waals surface area contributed by atoms with Crippen molar-refractivity contribution in [3.63, 3.8) is 0 Å². The normalized spacial score (nSPS) is 24.0. The predicted molar refractivity (Wildman–Crippen MR) is 58.9 cm³/mol. The lowest BCUT2D eigenvalue weighted by atomic mass is 9.88. The van der Waals surface area contributed by atoms with Crippen LogP contribution in [0.4, 0.5) is 0 Å². The Bertz CT molecular complexity index is 149. The summed E-state index contributed by atoms with van der Waals surface area (Å²) in [5.41, 5.74) is 0.636. The molecule has 1 aliphatic rings. The lowest BCUT2D eigenvalue weighted by molar-refractivity contribution is 0.303. The van der Waals surface area contributed by atoms with Gasteiger partial charge in [0.15, 0.2) is 0 Å². The first-order valence-corrected chi connectivity index (χ1v) is 5.79. The summed E-state index contributed by atoms with van der Waals surface area (Å²) < 4.78 is 0. The van der Waals surface area contributed by atoms with E-state index < -0.39 is 0 Å². The molecular weight excluding hydrogens is 158 g/mol. The van der Waals surface area contributed by atoms with Gasteiger partial charge in [-0.15, -0.1) is 0 Å². The molecule has 1 rings (SSSR count). The molecule has 0 aromatic carbocycles. The Morgan fingerprint density at radius 3 is 2.38 bits per heavy atom. The summed E-state index contributed by atoms with van der Waals surface area (Å²) in [4.78, 5) is 0. The molecule has 0 aromatic rings. The fraction of sp³-hybridized carbons (Fsp3) is 1.00. The van der Waals surface area contributed by atoms with Gasteiger partial charge in [-0.1, -0.05) is 33.6 Å². The second-order valence-corrected chi connectivity index (χ2v) is 5.12. The minimum absolute atomic E-state index is 0.636. The van der Waals surface area contributed by atoms with Crippen LogP contribution in [0, 0.1) is 11.3 Å². The first kappa shape index (κ1) is 11.0. The Labute approximate surface area is 83.3 Å². The molecule has 13 heavy (non-hydrogen) atoms. The molecule has 1 aliphatic carbocycles. The van der Waals surface area contributed by atoms with Crippen molar-refractivity contribution in [3.8, 4) is 0 Å². The van der Waals surface area contributed by atoms with Gasteiger partial charge in [-0.25, -0.2) is 0 Å². The second kappa shape index (κ2) is 4.45. The molecule has 1 fully saturated rings. The van der Waals surface area contributed by atoms with Crippen LogP contribution in [0.25, 0.3) is 0 Å². The topological polar surface area (TPSA) is 12.0 Å². The van der Waals surface area contributed by atoms with E-state index in [1.807, 2.05) is 0 Å². The molecule has 0 bridgehead atoms. The van der Waals surface area contributed by atoms with Crippen molar-refractivity contribution >= 4 is 0 Å². The van der Waals surface area contributed by atoms with Crippen molar-refractivity contribution in [1.82, 2.24) is 5.32 Å². The van der Waals surface area contributed by atoms with Gasteiger partial charge in [-0.3, -0.25) is 0 Å². The van der Waals surface area contributed by atoms with E-state index in [9.17, 15) is 0 Å². The van der Waals surface area contributed by atoms with E-state index >= 15 is 0 Å². The van der Waals surface area contributed by atoms with Crippen molar-refractivity contribution in [2.75, 3.05) is 7.05 Å². The molecule has 2 atom stereocenters. The first-order valence-electron chi connectivity index (χ1n) is 5.79. The molecule has 78 valence electrons. The van der Waals surface area contributed by atoms with Crippen molar-refractivity contribution < 1.29 is 0 Å². The van der Waals surface area contributed by atoms with Gasteiger partial charge < -0.3 is 5.32 Å². The molecule has 0 saturated heterocycles. The minimum atomic E-state index is 0.636. The Balaban J connectivity index is 2.31. The van der Waals surface area contributed by atoms with Crippen LogP contribution < -0.4 is 5.32 Å². The molecule has 2 unspecified atom stereocenters. The highest BCUT2D eigenvalue weighted by Gasteiger charge is 2.44. The summed E-state index contributed by atoms with van der Waals surface area (Å²) in [6, 6.07) is 0.758. The predicted octanol–water partition coefficient (Wildman–Crippen LogP) is 3.20. The third-order valence-electron chi connectivity index (χ3n) is 3.65. The third-order valence-corrected chi connectivity index (χ3v) is 3.65. The monoisotopic (exact) mass is 183 g/mol. The summed E-state index contributed by atoms with van der Waals surface area (Å²) in [6.07, 6.45) is 6.93. The second-order valence-electron chi connectivity index (χ2n) is 5.12. The van der Waals surface area contributed by atoms with Crippen LogP contribution in [0.2, 0.25) is 0 Å². The van der Waals surface area contributed by atoms with Crippen LogP contribution in [0.1, 0.15) is 52.9 Å². The highest BCUT2D eigenvalue weighted by Crippen LogP contribution is 2.49. The van der Waals surface area contributed by atoms with E-state index in [2.05, 4.69) is 33.1 Å². The van der Waals surface area contributed by atoms with Gasteiger partial charge in [0.2, 0.25) is 0 Å². The lowest BCUT2D eigenvalue weighted by Gasteiger charge is -2.26. The van der Waals surface area contributed by atoms with Gasteiger partial charge in [0.05, 0.1) is 0 Å². The average molecular weight is 183 g/mol. The van der Waals surface area contributed by atoms with Crippen LogP contribution in [-0.4, -0.2) is 13.1 Å². The molecule has 1 nitrogen and oxygen atoms in total. The molecule has 1 N–H and O–H groups in total. The molecule has 0 heterocycles. The van der Waals surface area contributed by atoms with Crippen LogP contribution in [0.15, 0.2) is 0 Å². The summed E-state index contributed by atoms with van der Waals surface area (Å²) in [5, 5.41) is 3.49. The summed E-state index contributed by atoms with van der Waals surface area (Å²) in [6.45, 7) is 7.09. The maximum Gasteiger partial charge on any atom is 0.0120 e. The van der Waals surface area contributed by atoms with E-state index in [1.165, 1.54) is 32.1 Å². The molecule has 1 saturated carbocycles. The van der Waals surface area contributed by atoms with Crippen molar-refractivity contribution in [2.24, 2.45) is 11.3 Å². The van der Waals surface area contributed by atoms with E-state index in [4.69, 9.17) is 0 Å². The number of hydrogen-bond donors (Lipinski definition) is 1. The standard InChI is InChI=1S/C12H25N/c1-5-6-10(2)9-11(13-4)12(3)7-8-12/h10-11,13H,5-9H2,1-4H3. The number of hydrogen-bond acceptors (Lipinski definition) is 1. The van der Waals surface area contributed by atoms with E-state index in [1.54, 1.807) is 0 Å². The fourth-order valence-corrected chi connectivity index (χ4v) is 2.31. The summed E-state index contributed by atoms with van der Waals surface area (Å²) in [7, 11) is 2.12. The summed E-state index contributed by atoms with van der Waals surface area (Å²) in [5.74, 6) is 0.889. The van der Waals surface area contributed by atoms with Crippen LogP contribution >= 0.6 is 0 Å². The molecule has 0 amide bonds. The lowest BCUT2D eigenvalue weighted by Crippen LogP contribution is -2.34. The van der Waals surface area contributed by atoms with Crippen LogP contribution in [-0.2, 0) is 0 Å². The number of rotatable bonds is 6. The van der Waals surface area contributed by atoms with Gasteiger partial charge in [-0.05, 0) is 37.6 Å². The summed E-state index contributed by atoms with van der Waals surface area (Å²) >= 11 is 0. The van der Waals surface area contributed by atoms with Gasteiger partial charge in [0.25, 0.3) is 0 Å². The Morgan fingerprint density at radius 2 is 2.00 bits per heavy atom. The van der Waals surface area contributed by atoms with Crippen LogP contribution in [0.5, 0.6) is 0 Å². The van der Waals surface area contributed by atoms with E-state index in [-0.39, 0.29) is 0 Å². The van der Waals surface area contributed by atoms with Gasteiger partial charge >= 0.3 is 0 Å². The Morgan fingerprint density at radius 1 is 1.38 bits per heavy atom. The third kappa shape index (κ3) is 2.98. The average Bonchev–Trinajstić information content (AvgIpc) is 2.81.